The minimum Gasteiger partial charge on any atom is -0.350 e. The van der Waals surface area contributed by atoms with Gasteiger partial charge in [-0.25, -0.2) is 0 Å². The molecule has 8 nitrogen and oxygen atoms in total. The lowest BCUT2D eigenvalue weighted by Gasteiger charge is -2.64. The van der Waals surface area contributed by atoms with Crippen molar-refractivity contribution in [2.24, 2.45) is 10.8 Å². The first-order chi connectivity index (χ1) is 14.7. The molecule has 1 aliphatic rings. The van der Waals surface area contributed by atoms with E-state index in [0.717, 1.165) is 22.8 Å². The summed E-state index contributed by atoms with van der Waals surface area (Å²) in [6.45, 7) is 19.9. The van der Waals surface area contributed by atoms with Crippen LogP contribution in [0, 0.1) is 38.5 Å². The third-order valence-corrected chi connectivity index (χ3v) is 7.13. The maximum atomic E-state index is 13.1. The van der Waals surface area contributed by atoms with Crippen molar-refractivity contribution >= 4 is 11.8 Å². The number of nitrogens with one attached hydrogen (secondary N) is 2. The van der Waals surface area contributed by atoms with Crippen LogP contribution >= 0.6 is 0 Å². The standard InChI is InChI=1S/C24H38N6O2/c1-13-11-15(3)29(27-13)17(5)19(31)25-21-23(7,8)22(24(21,9)10)26-20(32)18(6)30-16(4)12-14(2)28-30/h11-12,17-18,21-22H,1-10H3,(H,25,31)(H,26,32)/t17-,18+,21?,22?. The number of aromatic nitrogens is 4. The Hall–Kier alpha value is -2.64. The van der Waals surface area contributed by atoms with E-state index in [9.17, 15) is 9.59 Å². The van der Waals surface area contributed by atoms with Crippen LogP contribution in [0.1, 0.15) is 76.4 Å². The molecule has 2 aromatic rings. The number of carbonyl (C=O) groups is 2. The van der Waals surface area contributed by atoms with E-state index in [1.807, 2.05) is 53.7 Å². The molecule has 32 heavy (non-hydrogen) atoms. The fourth-order valence-electron chi connectivity index (χ4n) is 5.72. The van der Waals surface area contributed by atoms with Gasteiger partial charge in [-0.05, 0) is 53.7 Å². The second kappa shape index (κ2) is 8.05. The molecule has 0 bridgehead atoms. The molecule has 1 aliphatic carbocycles. The van der Waals surface area contributed by atoms with Gasteiger partial charge in [-0.2, -0.15) is 10.2 Å². The number of carbonyl (C=O) groups excluding carboxylic acids is 2. The van der Waals surface area contributed by atoms with Crippen LogP contribution < -0.4 is 10.6 Å². The molecule has 0 spiro atoms. The van der Waals surface area contributed by atoms with E-state index in [1.54, 1.807) is 9.36 Å². The maximum absolute atomic E-state index is 13.1. The van der Waals surface area contributed by atoms with Gasteiger partial charge < -0.3 is 10.6 Å². The molecular weight excluding hydrogens is 404 g/mol. The Morgan fingerprint density at radius 2 is 1.09 bits per heavy atom. The van der Waals surface area contributed by atoms with Crippen LogP contribution in [0.15, 0.2) is 12.1 Å². The molecule has 0 aromatic carbocycles. The summed E-state index contributed by atoms with van der Waals surface area (Å²) in [5.74, 6) is -0.133. The fraction of sp³-hybridized carbons (Fsp3) is 0.667. The maximum Gasteiger partial charge on any atom is 0.244 e. The largest absolute Gasteiger partial charge is 0.350 e. The summed E-state index contributed by atoms with van der Waals surface area (Å²) in [7, 11) is 0. The minimum absolute atomic E-state index is 0.0665. The Morgan fingerprint density at radius 1 is 0.781 bits per heavy atom. The van der Waals surface area contributed by atoms with Gasteiger partial charge in [0.15, 0.2) is 0 Å². The Balaban J connectivity index is 1.71. The molecule has 0 unspecified atom stereocenters. The zero-order valence-electron chi connectivity index (χ0n) is 21.1. The summed E-state index contributed by atoms with van der Waals surface area (Å²) in [6, 6.07) is 2.95. The lowest BCUT2D eigenvalue weighted by atomic mass is 9.48. The highest BCUT2D eigenvalue weighted by molar-refractivity contribution is 5.82. The van der Waals surface area contributed by atoms with E-state index in [2.05, 4.69) is 48.5 Å². The third kappa shape index (κ3) is 3.95. The average molecular weight is 443 g/mol. The fourth-order valence-corrected chi connectivity index (χ4v) is 5.72. The van der Waals surface area contributed by atoms with Gasteiger partial charge in [-0.3, -0.25) is 19.0 Å². The van der Waals surface area contributed by atoms with Crippen molar-refractivity contribution in [3.63, 3.8) is 0 Å². The molecule has 0 aliphatic heterocycles. The number of nitrogens with zero attached hydrogens (tertiary/aromatic N) is 4. The van der Waals surface area contributed by atoms with Crippen molar-refractivity contribution in [1.82, 2.24) is 30.2 Å². The SMILES string of the molecule is Cc1cc(C)n([C@H](C)C(=O)NC2C(C)(C)C(NC(=O)[C@H](C)n3nc(C)cc3C)C2(C)C)n1. The molecule has 176 valence electrons. The first kappa shape index (κ1) is 24.0. The lowest BCUT2D eigenvalue weighted by Crippen LogP contribution is -2.78. The highest BCUT2D eigenvalue weighted by Crippen LogP contribution is 2.54. The molecule has 2 N–H and O–H groups in total. The molecule has 2 amide bonds. The molecule has 2 heterocycles. The van der Waals surface area contributed by atoms with Gasteiger partial charge in [0, 0.05) is 34.3 Å². The smallest absolute Gasteiger partial charge is 0.244 e. The molecule has 8 heteroatoms. The van der Waals surface area contributed by atoms with Crippen LogP contribution in [0.2, 0.25) is 0 Å². The van der Waals surface area contributed by atoms with Crippen LogP contribution in [0.25, 0.3) is 0 Å². The summed E-state index contributed by atoms with van der Waals surface area (Å²) in [6.07, 6.45) is 0. The Kier molecular flexibility index (Phi) is 6.04. The highest BCUT2D eigenvalue weighted by Gasteiger charge is 2.63. The number of hydrogen-bond acceptors (Lipinski definition) is 4. The average Bonchev–Trinajstić information content (AvgIpc) is 3.21. The number of aryl methyl sites for hydroxylation is 4. The van der Waals surface area contributed by atoms with Gasteiger partial charge in [0.05, 0.1) is 11.4 Å². The number of rotatable bonds is 6. The first-order valence-electron chi connectivity index (χ1n) is 11.3. The zero-order valence-corrected chi connectivity index (χ0v) is 21.1. The normalized spacial score (nSPS) is 23.2. The van der Waals surface area contributed by atoms with Crippen molar-refractivity contribution in [3.8, 4) is 0 Å². The van der Waals surface area contributed by atoms with Crippen LogP contribution in [0.3, 0.4) is 0 Å². The second-order valence-corrected chi connectivity index (χ2v) is 10.6. The van der Waals surface area contributed by atoms with E-state index in [0.29, 0.717) is 0 Å². The molecule has 0 radical (unpaired) electrons. The number of amides is 2. The highest BCUT2D eigenvalue weighted by atomic mass is 16.2. The Labute approximate surface area is 191 Å². The van der Waals surface area contributed by atoms with E-state index < -0.39 is 12.1 Å². The van der Waals surface area contributed by atoms with Gasteiger partial charge in [0.1, 0.15) is 12.1 Å². The van der Waals surface area contributed by atoms with Gasteiger partial charge in [0.2, 0.25) is 11.8 Å². The van der Waals surface area contributed by atoms with Gasteiger partial charge in [-0.15, -0.1) is 0 Å². The molecule has 1 fully saturated rings. The summed E-state index contributed by atoms with van der Waals surface area (Å²) < 4.78 is 3.53. The lowest BCUT2D eigenvalue weighted by molar-refractivity contribution is -0.145. The van der Waals surface area contributed by atoms with Gasteiger partial charge in [0.25, 0.3) is 0 Å². The van der Waals surface area contributed by atoms with E-state index in [1.165, 1.54) is 0 Å². The van der Waals surface area contributed by atoms with E-state index in [-0.39, 0.29) is 34.7 Å². The molecule has 1 saturated carbocycles. The van der Waals surface area contributed by atoms with Crippen LogP contribution in [0.4, 0.5) is 0 Å². The minimum atomic E-state index is -0.407. The molecular formula is C24H38N6O2. The summed E-state index contributed by atoms with van der Waals surface area (Å²) in [5, 5.41) is 15.4. The van der Waals surface area contributed by atoms with Crippen LogP contribution in [-0.2, 0) is 9.59 Å². The van der Waals surface area contributed by atoms with Crippen molar-refractivity contribution in [2.45, 2.75) is 93.4 Å². The van der Waals surface area contributed by atoms with Crippen LogP contribution in [-0.4, -0.2) is 43.5 Å². The predicted molar refractivity (Wildman–Crippen MR) is 124 cm³/mol. The quantitative estimate of drug-likeness (QED) is 0.718. The molecule has 2 aromatic heterocycles. The third-order valence-electron chi connectivity index (χ3n) is 7.13. The molecule has 0 saturated heterocycles. The molecule has 2 atom stereocenters. The Bertz CT molecular complexity index is 937. The summed E-state index contributed by atoms with van der Waals surface area (Å²) in [4.78, 5) is 26.1. The topological polar surface area (TPSA) is 93.8 Å². The summed E-state index contributed by atoms with van der Waals surface area (Å²) >= 11 is 0. The van der Waals surface area contributed by atoms with Gasteiger partial charge >= 0.3 is 0 Å². The van der Waals surface area contributed by atoms with Crippen LogP contribution in [0.5, 0.6) is 0 Å². The number of hydrogen-bond donors (Lipinski definition) is 2. The first-order valence-corrected chi connectivity index (χ1v) is 11.3. The second-order valence-electron chi connectivity index (χ2n) is 10.6. The summed E-state index contributed by atoms with van der Waals surface area (Å²) in [5.41, 5.74) is 3.09. The van der Waals surface area contributed by atoms with Crippen molar-refractivity contribution in [2.75, 3.05) is 0 Å². The van der Waals surface area contributed by atoms with E-state index >= 15 is 0 Å². The zero-order chi connectivity index (χ0) is 24.2. The van der Waals surface area contributed by atoms with Gasteiger partial charge in [-0.1, -0.05) is 27.7 Å². The van der Waals surface area contributed by atoms with Crippen molar-refractivity contribution in [1.29, 1.82) is 0 Å². The Morgan fingerprint density at radius 3 is 1.34 bits per heavy atom. The van der Waals surface area contributed by atoms with Crippen molar-refractivity contribution in [3.05, 3.63) is 34.9 Å². The van der Waals surface area contributed by atoms with E-state index in [4.69, 9.17) is 0 Å². The predicted octanol–water partition coefficient (Wildman–Crippen LogP) is 3.17. The van der Waals surface area contributed by atoms with Crippen molar-refractivity contribution < 1.29 is 9.59 Å². The monoisotopic (exact) mass is 442 g/mol. The molecule has 3 rings (SSSR count).